The largest absolute Gasteiger partial charge is 0.491 e. The second-order valence-electron chi connectivity index (χ2n) is 13.0. The molecule has 250 valence electrons. The Labute approximate surface area is 279 Å². The number of hydrogen-bond acceptors (Lipinski definition) is 5. The summed E-state index contributed by atoms with van der Waals surface area (Å²) in [5.74, 6) is 2.21. The average molecular weight is 660 g/mol. The molecular formula is C36H54ClN3O4S. The SMILES string of the molecule is CC(=O)N(C)C.CCCCCC1CCC1CN1CC(c2ccc(Cl)cc2CCC)COc2ccc(C(=O)NS(=O)C(C)C)cc21. The molecule has 0 bridgehead atoms. The van der Waals surface area contributed by atoms with Gasteiger partial charge in [0.2, 0.25) is 5.91 Å². The van der Waals surface area contributed by atoms with Crippen LogP contribution >= 0.6 is 11.6 Å². The Morgan fingerprint density at radius 3 is 2.38 bits per heavy atom. The first-order valence-electron chi connectivity index (χ1n) is 16.6. The van der Waals surface area contributed by atoms with E-state index in [9.17, 15) is 13.8 Å². The number of amides is 2. The molecule has 0 spiro atoms. The molecule has 0 radical (unpaired) electrons. The van der Waals surface area contributed by atoms with Crippen molar-refractivity contribution >= 4 is 40.1 Å². The fraction of sp³-hybridized carbons (Fsp3) is 0.611. The Hall–Kier alpha value is -2.58. The predicted molar refractivity (Wildman–Crippen MR) is 188 cm³/mol. The van der Waals surface area contributed by atoms with E-state index < -0.39 is 11.0 Å². The van der Waals surface area contributed by atoms with Crippen LogP contribution in [0.4, 0.5) is 5.69 Å². The molecule has 7 nitrogen and oxygen atoms in total. The number of unbranched alkanes of at least 4 members (excludes halogenated alkanes) is 2. The summed E-state index contributed by atoms with van der Waals surface area (Å²) in [6.07, 6.45) is 9.78. The van der Waals surface area contributed by atoms with E-state index in [4.69, 9.17) is 16.3 Å². The topological polar surface area (TPSA) is 79.0 Å². The molecule has 1 N–H and O–H groups in total. The zero-order valence-electron chi connectivity index (χ0n) is 28.4. The lowest BCUT2D eigenvalue weighted by atomic mass is 9.71. The molecule has 4 unspecified atom stereocenters. The lowest BCUT2D eigenvalue weighted by Crippen LogP contribution is -2.40. The van der Waals surface area contributed by atoms with Crippen LogP contribution in [0.2, 0.25) is 5.02 Å². The molecule has 4 atom stereocenters. The third kappa shape index (κ3) is 10.7. The molecule has 1 saturated carbocycles. The Morgan fingerprint density at radius 2 is 1.78 bits per heavy atom. The summed E-state index contributed by atoms with van der Waals surface area (Å²) >= 11 is 6.39. The van der Waals surface area contributed by atoms with E-state index in [1.165, 1.54) is 61.5 Å². The van der Waals surface area contributed by atoms with Crippen LogP contribution in [0, 0.1) is 11.8 Å². The molecular weight excluding hydrogens is 606 g/mol. The van der Waals surface area contributed by atoms with Crippen LogP contribution in [0.5, 0.6) is 5.75 Å². The minimum absolute atomic E-state index is 0.0926. The maximum atomic E-state index is 13.0. The summed E-state index contributed by atoms with van der Waals surface area (Å²) in [5.41, 5.74) is 4.08. The van der Waals surface area contributed by atoms with E-state index in [0.29, 0.717) is 18.1 Å². The molecule has 1 fully saturated rings. The van der Waals surface area contributed by atoms with Gasteiger partial charge in [0, 0.05) is 55.9 Å². The maximum Gasteiger partial charge on any atom is 0.263 e. The van der Waals surface area contributed by atoms with Crippen molar-refractivity contribution in [1.82, 2.24) is 9.62 Å². The molecule has 0 aromatic heterocycles. The second-order valence-corrected chi connectivity index (χ2v) is 15.2. The standard InChI is InChI=1S/C32H45ClN2O3S.C4H9NO/c1-5-7-8-10-23-11-12-26(23)19-35-20-27(29-15-14-28(33)17-24(29)9-6-2)21-38-31-16-13-25(18-30(31)35)32(36)34-39(37)22(3)4;1-4(6)5(2)3/h13-18,22-23,26-27H,5-12,19-21H2,1-4H3,(H,34,36);1-3H3. The van der Waals surface area contributed by atoms with E-state index in [1.54, 1.807) is 20.2 Å². The van der Waals surface area contributed by atoms with Gasteiger partial charge in [0.25, 0.3) is 5.91 Å². The molecule has 2 aromatic carbocycles. The minimum Gasteiger partial charge on any atom is -0.491 e. The first kappa shape index (κ1) is 36.9. The molecule has 45 heavy (non-hydrogen) atoms. The van der Waals surface area contributed by atoms with Gasteiger partial charge in [0.15, 0.2) is 0 Å². The number of benzene rings is 2. The van der Waals surface area contributed by atoms with E-state index in [-0.39, 0.29) is 23.0 Å². The fourth-order valence-electron chi connectivity index (χ4n) is 5.92. The van der Waals surface area contributed by atoms with Gasteiger partial charge in [-0.05, 0) is 86.4 Å². The van der Waals surface area contributed by atoms with Crippen molar-refractivity contribution in [3.63, 3.8) is 0 Å². The van der Waals surface area contributed by atoms with Gasteiger partial charge >= 0.3 is 0 Å². The number of fused-ring (bicyclic) bond motifs is 1. The third-order valence-corrected chi connectivity index (χ3v) is 10.4. The zero-order chi connectivity index (χ0) is 33.1. The van der Waals surface area contributed by atoms with E-state index >= 15 is 0 Å². The summed E-state index contributed by atoms with van der Waals surface area (Å²) in [4.78, 5) is 27.0. The van der Waals surface area contributed by atoms with Crippen molar-refractivity contribution in [2.75, 3.05) is 38.7 Å². The number of nitrogens with zero attached hydrogens (tertiary/aromatic N) is 2. The molecule has 2 aliphatic rings. The number of anilines is 1. The Kier molecular flexibility index (Phi) is 14.7. The van der Waals surface area contributed by atoms with Gasteiger partial charge in [-0.2, -0.15) is 0 Å². The van der Waals surface area contributed by atoms with Crippen LogP contribution < -0.4 is 14.4 Å². The van der Waals surface area contributed by atoms with Gasteiger partial charge in [0.05, 0.1) is 12.3 Å². The van der Waals surface area contributed by atoms with E-state index in [1.807, 2.05) is 32.0 Å². The summed E-state index contributed by atoms with van der Waals surface area (Å²) < 4.78 is 21.4. The number of hydrogen-bond donors (Lipinski definition) is 1. The van der Waals surface area contributed by atoms with E-state index in [2.05, 4.69) is 35.6 Å². The minimum atomic E-state index is -1.42. The Morgan fingerprint density at radius 1 is 1.07 bits per heavy atom. The van der Waals surface area contributed by atoms with Crippen molar-refractivity contribution in [3.8, 4) is 5.75 Å². The molecule has 4 rings (SSSR count). The zero-order valence-corrected chi connectivity index (χ0v) is 29.9. The van der Waals surface area contributed by atoms with Crippen LogP contribution in [-0.4, -0.2) is 60.0 Å². The Balaban J connectivity index is 0.000000838. The molecule has 1 aliphatic heterocycles. The second kappa shape index (κ2) is 17.9. The highest BCUT2D eigenvalue weighted by Crippen LogP contribution is 2.42. The number of carbonyl (C=O) groups excluding carboxylic acids is 2. The summed E-state index contributed by atoms with van der Waals surface area (Å²) in [5, 5.41) is 0.631. The summed E-state index contributed by atoms with van der Waals surface area (Å²) in [6, 6.07) is 11.9. The van der Waals surface area contributed by atoms with Crippen molar-refractivity contribution in [3.05, 3.63) is 58.1 Å². The first-order chi connectivity index (χ1) is 21.4. The van der Waals surface area contributed by atoms with Crippen LogP contribution in [0.15, 0.2) is 36.4 Å². The normalized spacial score (nSPS) is 19.7. The molecule has 2 amide bonds. The lowest BCUT2D eigenvalue weighted by molar-refractivity contribution is -0.126. The van der Waals surface area contributed by atoms with Gasteiger partial charge in [0.1, 0.15) is 16.7 Å². The van der Waals surface area contributed by atoms with Crippen molar-refractivity contribution in [1.29, 1.82) is 0 Å². The van der Waals surface area contributed by atoms with Crippen LogP contribution in [-0.2, 0) is 22.2 Å². The van der Waals surface area contributed by atoms with Crippen LogP contribution in [0.3, 0.4) is 0 Å². The van der Waals surface area contributed by atoms with E-state index in [0.717, 1.165) is 48.3 Å². The number of aryl methyl sites for hydroxylation is 1. The summed E-state index contributed by atoms with van der Waals surface area (Å²) in [6.45, 7) is 12.0. The quantitative estimate of drug-likeness (QED) is 0.236. The number of halogens is 1. The number of ether oxygens (including phenoxy) is 1. The van der Waals surface area contributed by atoms with Gasteiger partial charge in [-0.3, -0.25) is 14.3 Å². The summed E-state index contributed by atoms with van der Waals surface area (Å²) in [7, 11) is 2.03. The van der Waals surface area contributed by atoms with Gasteiger partial charge in [-0.1, -0.05) is 63.6 Å². The molecule has 0 saturated heterocycles. The van der Waals surface area contributed by atoms with Gasteiger partial charge < -0.3 is 14.5 Å². The van der Waals surface area contributed by atoms with Crippen molar-refractivity contribution < 1.29 is 18.5 Å². The monoisotopic (exact) mass is 659 g/mol. The Bertz CT molecular complexity index is 1300. The number of carbonyl (C=O) groups is 2. The molecule has 1 aliphatic carbocycles. The van der Waals surface area contributed by atoms with Gasteiger partial charge in [-0.15, -0.1) is 0 Å². The highest BCUT2D eigenvalue weighted by molar-refractivity contribution is 7.84. The number of nitrogens with one attached hydrogen (secondary N) is 1. The fourth-order valence-corrected chi connectivity index (χ4v) is 6.65. The van der Waals surface area contributed by atoms with Gasteiger partial charge in [-0.25, -0.2) is 4.21 Å². The highest BCUT2D eigenvalue weighted by atomic mass is 35.5. The average Bonchev–Trinajstić information content (AvgIpc) is 3.17. The molecule has 2 aromatic rings. The van der Waals surface area contributed by atoms with Crippen LogP contribution in [0.25, 0.3) is 0 Å². The van der Waals surface area contributed by atoms with Crippen molar-refractivity contribution in [2.45, 2.75) is 97.2 Å². The number of rotatable bonds is 12. The molecule has 9 heteroatoms. The first-order valence-corrected chi connectivity index (χ1v) is 18.2. The molecule has 1 heterocycles. The predicted octanol–water partition coefficient (Wildman–Crippen LogP) is 7.78. The van der Waals surface area contributed by atoms with Crippen LogP contribution in [0.1, 0.15) is 107 Å². The smallest absolute Gasteiger partial charge is 0.263 e. The van der Waals surface area contributed by atoms with Crippen molar-refractivity contribution in [2.24, 2.45) is 11.8 Å². The highest BCUT2D eigenvalue weighted by Gasteiger charge is 2.35. The third-order valence-electron chi connectivity index (χ3n) is 8.97. The lowest BCUT2D eigenvalue weighted by Gasteiger charge is -2.41. The maximum absolute atomic E-state index is 13.0.